The Balaban J connectivity index is 1.62. The van der Waals surface area contributed by atoms with E-state index in [9.17, 15) is 0 Å². The number of hydrogen-bond donors (Lipinski definition) is 3. The zero-order chi connectivity index (χ0) is 20.5. The van der Waals surface area contributed by atoms with E-state index in [1.807, 2.05) is 12.4 Å². The van der Waals surface area contributed by atoms with Crippen molar-refractivity contribution >= 4 is 0 Å². The van der Waals surface area contributed by atoms with Crippen LogP contribution >= 0.6 is 0 Å². The summed E-state index contributed by atoms with van der Waals surface area (Å²) in [7, 11) is 2.17. The van der Waals surface area contributed by atoms with Crippen molar-refractivity contribution in [3.05, 3.63) is 71.8 Å². The van der Waals surface area contributed by atoms with Crippen LogP contribution in [-0.2, 0) is 19.6 Å². The largest absolute Gasteiger partial charge is 0.348 e. The molecule has 2 heterocycles. The summed E-state index contributed by atoms with van der Waals surface area (Å²) in [6, 6.07) is 9.08. The predicted molar refractivity (Wildman–Crippen MR) is 116 cm³/mol. The lowest BCUT2D eigenvalue weighted by molar-refractivity contribution is 0.181. The van der Waals surface area contributed by atoms with Gasteiger partial charge in [-0.1, -0.05) is 24.3 Å². The molecule has 3 aromatic rings. The third kappa shape index (κ3) is 6.52. The minimum absolute atomic E-state index is 0.156. The van der Waals surface area contributed by atoms with Gasteiger partial charge < -0.3 is 20.6 Å². The van der Waals surface area contributed by atoms with Gasteiger partial charge in [0.1, 0.15) is 11.6 Å². The number of rotatable bonds is 12. The van der Waals surface area contributed by atoms with Crippen LogP contribution < -0.4 is 5.73 Å². The molecule has 1 atom stereocenters. The number of aromatic amines is 2. The van der Waals surface area contributed by atoms with E-state index in [4.69, 9.17) is 5.73 Å². The topological polar surface area (TPSA) is 89.9 Å². The number of unbranched alkanes of at least 4 members (excludes halogenated alkanes) is 1. The molecule has 1 aromatic carbocycles. The maximum Gasteiger partial charge on any atom is 0.123 e. The van der Waals surface area contributed by atoms with Gasteiger partial charge in [-0.05, 0) is 51.0 Å². The second-order valence-corrected chi connectivity index (χ2v) is 7.64. The van der Waals surface area contributed by atoms with Crippen molar-refractivity contribution in [2.45, 2.75) is 45.4 Å². The number of nitrogens with one attached hydrogen (secondary N) is 2. The number of imidazole rings is 2. The van der Waals surface area contributed by atoms with Crippen LogP contribution in [0, 0.1) is 0 Å². The molecular weight excluding hydrogens is 362 g/mol. The fourth-order valence-corrected chi connectivity index (χ4v) is 3.49. The molecule has 1 unspecified atom stereocenters. The van der Waals surface area contributed by atoms with Crippen LogP contribution in [0.2, 0.25) is 0 Å². The summed E-state index contributed by atoms with van der Waals surface area (Å²) in [5, 5.41) is 0. The number of nitrogens with two attached hydrogens (primary N) is 1. The Labute approximate surface area is 173 Å². The van der Waals surface area contributed by atoms with Crippen LogP contribution in [0.5, 0.6) is 0 Å². The molecule has 29 heavy (non-hydrogen) atoms. The average Bonchev–Trinajstić information content (AvgIpc) is 3.43. The van der Waals surface area contributed by atoms with Crippen molar-refractivity contribution in [1.82, 2.24) is 29.7 Å². The first-order valence-corrected chi connectivity index (χ1v) is 10.3. The number of benzene rings is 1. The molecule has 0 amide bonds. The molecule has 0 saturated heterocycles. The smallest absolute Gasteiger partial charge is 0.123 e. The predicted octanol–water partition coefficient (Wildman–Crippen LogP) is 3.07. The second-order valence-electron chi connectivity index (χ2n) is 7.64. The first-order chi connectivity index (χ1) is 14.2. The summed E-state index contributed by atoms with van der Waals surface area (Å²) in [6.45, 7) is 6.55. The molecule has 3 rings (SSSR count). The van der Waals surface area contributed by atoms with E-state index in [1.165, 1.54) is 11.1 Å². The van der Waals surface area contributed by atoms with Crippen molar-refractivity contribution in [2.75, 3.05) is 20.1 Å². The maximum absolute atomic E-state index is 5.58. The van der Waals surface area contributed by atoms with Crippen LogP contribution in [0.4, 0.5) is 0 Å². The Hall–Kier alpha value is -2.48. The highest BCUT2D eigenvalue weighted by molar-refractivity contribution is 5.22. The molecule has 0 bridgehead atoms. The van der Waals surface area contributed by atoms with E-state index >= 15 is 0 Å². The van der Waals surface area contributed by atoms with Crippen molar-refractivity contribution in [3.8, 4) is 0 Å². The molecule has 0 aliphatic carbocycles. The van der Waals surface area contributed by atoms with Gasteiger partial charge in [0.25, 0.3) is 0 Å². The third-order valence-corrected chi connectivity index (χ3v) is 5.23. The standard InChI is InChI=1S/C22H33N7/c1-18(22-26-12-13-27-22)29(17-21-24-10-11-25-21)16-20-7-5-19(6-8-20)15-28(2)14-4-3-9-23/h5-8,10-13,18H,3-4,9,14-17,23H2,1-2H3,(H,24,25)(H,26,27). The second kappa shape index (κ2) is 10.9. The molecule has 7 nitrogen and oxygen atoms in total. The maximum atomic E-state index is 5.58. The summed E-state index contributed by atoms with van der Waals surface area (Å²) in [6.07, 6.45) is 9.57. The molecule has 0 spiro atoms. The Morgan fingerprint density at radius 3 is 2.24 bits per heavy atom. The molecule has 0 radical (unpaired) electrons. The monoisotopic (exact) mass is 395 g/mol. The number of H-pyrrole nitrogens is 2. The van der Waals surface area contributed by atoms with E-state index in [-0.39, 0.29) is 6.04 Å². The zero-order valence-electron chi connectivity index (χ0n) is 17.5. The van der Waals surface area contributed by atoms with Crippen molar-refractivity contribution in [2.24, 2.45) is 5.73 Å². The third-order valence-electron chi connectivity index (χ3n) is 5.23. The van der Waals surface area contributed by atoms with Gasteiger partial charge >= 0.3 is 0 Å². The summed E-state index contributed by atoms with van der Waals surface area (Å²) in [4.78, 5) is 20.0. The van der Waals surface area contributed by atoms with Crippen LogP contribution in [0.3, 0.4) is 0 Å². The number of hydrogen-bond acceptors (Lipinski definition) is 5. The minimum Gasteiger partial charge on any atom is -0.348 e. The van der Waals surface area contributed by atoms with E-state index in [1.54, 1.807) is 12.4 Å². The van der Waals surface area contributed by atoms with Gasteiger partial charge in [0.2, 0.25) is 0 Å². The molecule has 0 saturated carbocycles. The molecule has 4 N–H and O–H groups in total. The fourth-order valence-electron chi connectivity index (χ4n) is 3.49. The fraction of sp³-hybridized carbons (Fsp3) is 0.455. The van der Waals surface area contributed by atoms with E-state index in [0.717, 1.165) is 57.2 Å². The van der Waals surface area contributed by atoms with Crippen LogP contribution in [-0.4, -0.2) is 49.9 Å². The summed E-state index contributed by atoms with van der Waals surface area (Å²) in [5.74, 6) is 1.92. The highest BCUT2D eigenvalue weighted by atomic mass is 15.2. The quantitative estimate of drug-likeness (QED) is 0.410. The highest BCUT2D eigenvalue weighted by Gasteiger charge is 2.19. The first-order valence-electron chi connectivity index (χ1n) is 10.3. The summed E-state index contributed by atoms with van der Waals surface area (Å²) >= 11 is 0. The van der Waals surface area contributed by atoms with Gasteiger partial charge in [0, 0.05) is 37.9 Å². The van der Waals surface area contributed by atoms with Crippen molar-refractivity contribution in [1.29, 1.82) is 0 Å². The molecule has 0 aliphatic rings. The number of aromatic nitrogens is 4. The van der Waals surface area contributed by atoms with Crippen molar-refractivity contribution < 1.29 is 0 Å². The van der Waals surface area contributed by atoms with E-state index in [2.05, 4.69) is 68.0 Å². The molecule has 7 heteroatoms. The highest BCUT2D eigenvalue weighted by Crippen LogP contribution is 2.21. The van der Waals surface area contributed by atoms with Gasteiger partial charge in [-0.15, -0.1) is 0 Å². The Bertz CT molecular complexity index is 796. The van der Waals surface area contributed by atoms with Gasteiger partial charge in [-0.2, -0.15) is 0 Å². The van der Waals surface area contributed by atoms with Crippen molar-refractivity contribution in [3.63, 3.8) is 0 Å². The first kappa shape index (κ1) is 21.2. The lowest BCUT2D eigenvalue weighted by atomic mass is 10.1. The SMILES string of the molecule is CC(c1ncc[nH]1)N(Cc1ccc(CN(C)CCCCN)cc1)Cc1ncc[nH]1. The molecule has 0 fully saturated rings. The van der Waals surface area contributed by atoms with Gasteiger partial charge in [0.05, 0.1) is 12.6 Å². The lowest BCUT2D eigenvalue weighted by Crippen LogP contribution is -2.27. The van der Waals surface area contributed by atoms with Crippen LogP contribution in [0.1, 0.15) is 48.6 Å². The molecular formula is C22H33N7. The van der Waals surface area contributed by atoms with Crippen LogP contribution in [0.25, 0.3) is 0 Å². The average molecular weight is 396 g/mol. The van der Waals surface area contributed by atoms with E-state index < -0.39 is 0 Å². The molecule has 0 aliphatic heterocycles. The normalized spacial score (nSPS) is 12.7. The zero-order valence-corrected chi connectivity index (χ0v) is 17.5. The molecule has 156 valence electrons. The Morgan fingerprint density at radius 1 is 0.931 bits per heavy atom. The number of nitrogens with zero attached hydrogens (tertiary/aromatic N) is 4. The Kier molecular flexibility index (Phi) is 7.98. The van der Waals surface area contributed by atoms with E-state index in [0.29, 0.717) is 0 Å². The molecule has 2 aromatic heterocycles. The minimum atomic E-state index is 0.156. The lowest BCUT2D eigenvalue weighted by Gasteiger charge is -2.27. The van der Waals surface area contributed by atoms with Gasteiger partial charge in [-0.3, -0.25) is 4.90 Å². The van der Waals surface area contributed by atoms with Gasteiger partial charge in [-0.25, -0.2) is 9.97 Å². The van der Waals surface area contributed by atoms with Crippen LogP contribution in [0.15, 0.2) is 49.1 Å². The summed E-state index contributed by atoms with van der Waals surface area (Å²) < 4.78 is 0. The van der Waals surface area contributed by atoms with Gasteiger partial charge in [0.15, 0.2) is 0 Å². The Morgan fingerprint density at radius 2 is 1.62 bits per heavy atom. The summed E-state index contributed by atoms with van der Waals surface area (Å²) in [5.41, 5.74) is 8.20.